The number of aryl methyl sites for hydroxylation is 1. The summed E-state index contributed by atoms with van der Waals surface area (Å²) in [7, 11) is 0. The maximum absolute atomic E-state index is 12.7. The number of fused-ring (bicyclic) bond motifs is 1. The van der Waals surface area contributed by atoms with E-state index in [1.165, 1.54) is 5.56 Å². The highest BCUT2D eigenvalue weighted by atomic mass is 16.5. The zero-order valence-corrected chi connectivity index (χ0v) is 13.7. The molecule has 1 heterocycles. The molecule has 1 aliphatic heterocycles. The topological polar surface area (TPSA) is 69.6 Å². The fraction of sp³-hybridized carbons (Fsp3) is 0.556. The second-order valence-corrected chi connectivity index (χ2v) is 7.07. The molecule has 1 aliphatic carbocycles. The van der Waals surface area contributed by atoms with E-state index in [0.717, 1.165) is 37.9 Å². The van der Waals surface area contributed by atoms with Crippen LogP contribution in [0, 0.1) is 11.8 Å². The fourth-order valence-electron chi connectivity index (χ4n) is 4.02. The molecule has 0 saturated carbocycles. The van der Waals surface area contributed by atoms with Gasteiger partial charge >= 0.3 is 0 Å². The molecule has 2 amide bonds. The Morgan fingerprint density at radius 1 is 1.35 bits per heavy atom. The number of nitrogens with zero attached hydrogens (tertiary/aromatic N) is 1. The van der Waals surface area contributed by atoms with Crippen molar-refractivity contribution in [3.63, 3.8) is 0 Å². The summed E-state index contributed by atoms with van der Waals surface area (Å²) in [5, 5.41) is 8.81. The number of hydrogen-bond donors (Lipinski definition) is 2. The SMILES string of the molecule is CC(C)CN1CCC(C2CCc3ccc(C(=O)NO)cc32)C1=O. The smallest absolute Gasteiger partial charge is 0.274 e. The molecule has 23 heavy (non-hydrogen) atoms. The van der Waals surface area contributed by atoms with Crippen molar-refractivity contribution < 1.29 is 14.8 Å². The van der Waals surface area contributed by atoms with Crippen molar-refractivity contribution in [1.29, 1.82) is 0 Å². The Morgan fingerprint density at radius 2 is 2.13 bits per heavy atom. The Labute approximate surface area is 136 Å². The number of amides is 2. The van der Waals surface area contributed by atoms with Crippen LogP contribution in [-0.4, -0.2) is 35.0 Å². The lowest BCUT2D eigenvalue weighted by molar-refractivity contribution is -0.132. The largest absolute Gasteiger partial charge is 0.342 e. The van der Waals surface area contributed by atoms with Gasteiger partial charge in [0.25, 0.3) is 5.91 Å². The van der Waals surface area contributed by atoms with Gasteiger partial charge in [-0.25, -0.2) is 5.48 Å². The Balaban J connectivity index is 1.82. The summed E-state index contributed by atoms with van der Waals surface area (Å²) < 4.78 is 0. The minimum atomic E-state index is -0.502. The number of rotatable bonds is 4. The van der Waals surface area contributed by atoms with Crippen LogP contribution in [0.5, 0.6) is 0 Å². The van der Waals surface area contributed by atoms with Gasteiger partial charge in [0.1, 0.15) is 0 Å². The van der Waals surface area contributed by atoms with Gasteiger partial charge in [0, 0.05) is 24.6 Å². The lowest BCUT2D eigenvalue weighted by Gasteiger charge is -2.22. The second kappa shape index (κ2) is 6.32. The third-order valence-corrected chi connectivity index (χ3v) is 5.04. The quantitative estimate of drug-likeness (QED) is 0.662. The van der Waals surface area contributed by atoms with Crippen molar-refractivity contribution in [3.05, 3.63) is 34.9 Å². The summed E-state index contributed by atoms with van der Waals surface area (Å²) in [6, 6.07) is 5.52. The summed E-state index contributed by atoms with van der Waals surface area (Å²) in [5.41, 5.74) is 4.46. The summed E-state index contributed by atoms with van der Waals surface area (Å²) in [6.07, 6.45) is 2.81. The maximum atomic E-state index is 12.7. The molecule has 1 saturated heterocycles. The molecular weight excluding hydrogens is 292 g/mol. The molecule has 2 aliphatic rings. The van der Waals surface area contributed by atoms with Crippen LogP contribution in [0.4, 0.5) is 0 Å². The number of carbonyl (C=O) groups excluding carboxylic acids is 2. The Morgan fingerprint density at radius 3 is 2.83 bits per heavy atom. The lowest BCUT2D eigenvalue weighted by Crippen LogP contribution is -2.32. The summed E-state index contributed by atoms with van der Waals surface area (Å²) in [6.45, 7) is 5.92. The Kier molecular flexibility index (Phi) is 4.39. The minimum Gasteiger partial charge on any atom is -0.342 e. The van der Waals surface area contributed by atoms with Gasteiger partial charge in [-0.1, -0.05) is 19.9 Å². The number of nitrogens with one attached hydrogen (secondary N) is 1. The Hall–Kier alpha value is -1.88. The summed E-state index contributed by atoms with van der Waals surface area (Å²) in [5.74, 6) is 0.461. The number of benzene rings is 1. The van der Waals surface area contributed by atoms with Crippen molar-refractivity contribution in [1.82, 2.24) is 10.4 Å². The van der Waals surface area contributed by atoms with E-state index in [4.69, 9.17) is 5.21 Å². The number of hydrogen-bond acceptors (Lipinski definition) is 3. The van der Waals surface area contributed by atoms with E-state index in [2.05, 4.69) is 13.8 Å². The average molecular weight is 316 g/mol. The first-order valence-electron chi connectivity index (χ1n) is 8.37. The first-order valence-corrected chi connectivity index (χ1v) is 8.37. The molecule has 3 rings (SSSR count). The van der Waals surface area contributed by atoms with Crippen molar-refractivity contribution in [2.45, 2.75) is 39.0 Å². The second-order valence-electron chi connectivity index (χ2n) is 7.07. The van der Waals surface area contributed by atoms with Gasteiger partial charge in [0.15, 0.2) is 0 Å². The van der Waals surface area contributed by atoms with Gasteiger partial charge in [-0.2, -0.15) is 0 Å². The molecule has 1 fully saturated rings. The molecule has 0 spiro atoms. The first kappa shape index (κ1) is 16.0. The molecule has 5 nitrogen and oxygen atoms in total. The van der Waals surface area contributed by atoms with Gasteiger partial charge in [-0.3, -0.25) is 14.8 Å². The van der Waals surface area contributed by atoms with Gasteiger partial charge < -0.3 is 4.90 Å². The van der Waals surface area contributed by atoms with Crippen LogP contribution in [0.15, 0.2) is 18.2 Å². The van der Waals surface area contributed by atoms with E-state index >= 15 is 0 Å². The monoisotopic (exact) mass is 316 g/mol. The number of carbonyl (C=O) groups is 2. The number of likely N-dealkylation sites (tertiary alicyclic amines) is 1. The van der Waals surface area contributed by atoms with Gasteiger partial charge in [-0.15, -0.1) is 0 Å². The van der Waals surface area contributed by atoms with E-state index < -0.39 is 5.91 Å². The summed E-state index contributed by atoms with van der Waals surface area (Å²) in [4.78, 5) is 26.3. The van der Waals surface area contributed by atoms with E-state index in [1.54, 1.807) is 11.5 Å². The van der Waals surface area contributed by atoms with E-state index in [1.807, 2.05) is 17.0 Å². The highest BCUT2D eigenvalue weighted by Gasteiger charge is 2.40. The van der Waals surface area contributed by atoms with Crippen LogP contribution < -0.4 is 5.48 Å². The molecule has 0 aromatic heterocycles. The van der Waals surface area contributed by atoms with E-state index in [-0.39, 0.29) is 17.7 Å². The third kappa shape index (κ3) is 2.98. The van der Waals surface area contributed by atoms with Gasteiger partial charge in [-0.05, 0) is 54.4 Å². The molecule has 2 N–H and O–H groups in total. The standard InChI is InChI=1S/C18H24N2O3/c1-11(2)10-20-8-7-15(18(20)22)14-6-5-12-3-4-13(9-16(12)14)17(21)19-23/h3-4,9,11,14-15,23H,5-8,10H2,1-2H3,(H,19,21). The van der Waals surface area contributed by atoms with Crippen LogP contribution in [0.25, 0.3) is 0 Å². The lowest BCUT2D eigenvalue weighted by atomic mass is 9.85. The van der Waals surface area contributed by atoms with Crippen LogP contribution in [0.2, 0.25) is 0 Å². The molecule has 0 bridgehead atoms. The molecule has 2 unspecified atom stereocenters. The van der Waals surface area contributed by atoms with Crippen LogP contribution >= 0.6 is 0 Å². The van der Waals surface area contributed by atoms with Crippen LogP contribution in [0.3, 0.4) is 0 Å². The third-order valence-electron chi connectivity index (χ3n) is 5.04. The van der Waals surface area contributed by atoms with Crippen molar-refractivity contribution in [2.75, 3.05) is 13.1 Å². The van der Waals surface area contributed by atoms with E-state index in [9.17, 15) is 9.59 Å². The van der Waals surface area contributed by atoms with Crippen molar-refractivity contribution >= 4 is 11.8 Å². The van der Waals surface area contributed by atoms with Crippen molar-refractivity contribution in [2.24, 2.45) is 11.8 Å². The molecule has 0 radical (unpaired) electrons. The van der Waals surface area contributed by atoms with Crippen LogP contribution in [0.1, 0.15) is 54.1 Å². The van der Waals surface area contributed by atoms with Crippen molar-refractivity contribution in [3.8, 4) is 0 Å². The van der Waals surface area contributed by atoms with Gasteiger partial charge in [0.2, 0.25) is 5.91 Å². The zero-order valence-electron chi connectivity index (χ0n) is 13.7. The molecule has 5 heteroatoms. The highest BCUT2D eigenvalue weighted by molar-refractivity contribution is 5.93. The minimum absolute atomic E-state index is 0.0300. The molecule has 1 aromatic carbocycles. The average Bonchev–Trinajstić information content (AvgIpc) is 3.09. The molecule has 124 valence electrons. The normalized spacial score (nSPS) is 23.5. The number of hydroxylamine groups is 1. The molecule has 2 atom stereocenters. The van der Waals surface area contributed by atoms with E-state index in [0.29, 0.717) is 11.5 Å². The predicted octanol–water partition coefficient (Wildman–Crippen LogP) is 2.34. The molecular formula is C18H24N2O3. The van der Waals surface area contributed by atoms with Crippen LogP contribution in [-0.2, 0) is 11.2 Å². The fourth-order valence-corrected chi connectivity index (χ4v) is 4.02. The first-order chi connectivity index (χ1) is 11.0. The maximum Gasteiger partial charge on any atom is 0.274 e. The Bertz CT molecular complexity index is 627. The van der Waals surface area contributed by atoms with Gasteiger partial charge in [0.05, 0.1) is 0 Å². The summed E-state index contributed by atoms with van der Waals surface area (Å²) >= 11 is 0. The molecule has 1 aromatic rings. The highest BCUT2D eigenvalue weighted by Crippen LogP contribution is 2.43. The predicted molar refractivity (Wildman–Crippen MR) is 86.3 cm³/mol. The zero-order chi connectivity index (χ0) is 16.6.